The number of alkyl halides is 3. The fourth-order valence-corrected chi connectivity index (χ4v) is 6.57. The summed E-state index contributed by atoms with van der Waals surface area (Å²) in [6.07, 6.45) is -0.999. The Morgan fingerprint density at radius 3 is 2.50 bits per heavy atom. The molecule has 3 saturated heterocycles. The van der Waals surface area contributed by atoms with E-state index < -0.39 is 17.6 Å². The van der Waals surface area contributed by atoms with Gasteiger partial charge in [0.05, 0.1) is 27.4 Å². The van der Waals surface area contributed by atoms with E-state index in [1.807, 2.05) is 16.8 Å². The summed E-state index contributed by atoms with van der Waals surface area (Å²) in [5.41, 5.74) is -0.464. The minimum Gasteiger partial charge on any atom is -0.357 e. The van der Waals surface area contributed by atoms with E-state index in [9.17, 15) is 22.8 Å². The number of thiophene rings is 1. The summed E-state index contributed by atoms with van der Waals surface area (Å²) in [5, 5.41) is 3.91. The predicted octanol–water partition coefficient (Wildman–Crippen LogP) is 3.20. The molecule has 5 rings (SSSR count). The second-order valence-electron chi connectivity index (χ2n) is 9.75. The Morgan fingerprint density at radius 1 is 1.21 bits per heavy atom. The molecule has 184 valence electrons. The van der Waals surface area contributed by atoms with Gasteiger partial charge in [-0.1, -0.05) is 0 Å². The Labute approximate surface area is 199 Å². The van der Waals surface area contributed by atoms with Crippen molar-refractivity contribution in [3.05, 3.63) is 22.6 Å². The van der Waals surface area contributed by atoms with Crippen molar-refractivity contribution < 1.29 is 22.8 Å². The van der Waals surface area contributed by atoms with E-state index in [0.29, 0.717) is 13.1 Å². The van der Waals surface area contributed by atoms with Gasteiger partial charge in [0.25, 0.3) is 5.91 Å². The Hall–Kier alpha value is -2.40. The Bertz CT molecular complexity index is 1120. The number of halogens is 3. The number of nitrogens with zero attached hydrogens (tertiary/aromatic N) is 4. The second kappa shape index (κ2) is 8.37. The number of anilines is 1. The molecule has 3 aliphatic rings. The molecule has 3 aliphatic heterocycles. The first kappa shape index (κ1) is 23.3. The van der Waals surface area contributed by atoms with Crippen LogP contribution in [0, 0.1) is 5.41 Å². The van der Waals surface area contributed by atoms with Crippen LogP contribution in [0.3, 0.4) is 0 Å². The van der Waals surface area contributed by atoms with Crippen LogP contribution in [0.4, 0.5) is 19.0 Å². The van der Waals surface area contributed by atoms with Crippen molar-refractivity contribution in [2.24, 2.45) is 5.41 Å². The number of likely N-dealkylation sites (N-methyl/N-ethyl adjacent to an activating group) is 1. The number of fused-ring (bicyclic) bond motifs is 1. The fourth-order valence-electron chi connectivity index (χ4n) is 5.54. The van der Waals surface area contributed by atoms with Crippen molar-refractivity contribution in [3.8, 4) is 0 Å². The molecule has 0 radical (unpaired) electrons. The second-order valence-corrected chi connectivity index (χ2v) is 10.6. The van der Waals surface area contributed by atoms with Crippen LogP contribution in [-0.4, -0.2) is 79.5 Å². The van der Waals surface area contributed by atoms with Gasteiger partial charge in [0.15, 0.2) is 0 Å². The van der Waals surface area contributed by atoms with Gasteiger partial charge in [-0.3, -0.25) is 14.5 Å². The molecule has 2 aromatic heterocycles. The van der Waals surface area contributed by atoms with E-state index in [0.717, 1.165) is 62.7 Å². The molecule has 5 heterocycles. The number of hydrogen-bond donors (Lipinski definition) is 1. The number of hydrogen-bond acceptors (Lipinski definition) is 6. The zero-order valence-corrected chi connectivity index (χ0v) is 20.1. The lowest BCUT2D eigenvalue weighted by Gasteiger charge is -2.54. The maximum Gasteiger partial charge on any atom is 0.417 e. The lowest BCUT2D eigenvalue weighted by Crippen LogP contribution is -2.64. The maximum absolute atomic E-state index is 13.8. The van der Waals surface area contributed by atoms with Gasteiger partial charge in [0.2, 0.25) is 5.91 Å². The van der Waals surface area contributed by atoms with Crippen LogP contribution < -0.4 is 10.2 Å². The van der Waals surface area contributed by atoms with Crippen molar-refractivity contribution in [1.82, 2.24) is 20.1 Å². The van der Waals surface area contributed by atoms with Crippen LogP contribution >= 0.6 is 11.3 Å². The molecule has 1 atom stereocenters. The number of likely N-dealkylation sites (tertiary alicyclic amines) is 2. The highest BCUT2D eigenvalue weighted by Crippen LogP contribution is 2.44. The van der Waals surface area contributed by atoms with Crippen LogP contribution in [0.15, 0.2) is 11.4 Å². The van der Waals surface area contributed by atoms with Gasteiger partial charge in [-0.25, -0.2) is 4.98 Å². The minimum atomic E-state index is -4.54. The molecule has 2 aromatic rings. The maximum atomic E-state index is 13.8. The number of piperidine rings is 1. The van der Waals surface area contributed by atoms with Gasteiger partial charge in [-0.2, -0.15) is 13.2 Å². The van der Waals surface area contributed by atoms with Crippen molar-refractivity contribution in [3.63, 3.8) is 0 Å². The van der Waals surface area contributed by atoms with E-state index in [1.54, 1.807) is 0 Å². The zero-order chi connectivity index (χ0) is 24.3. The zero-order valence-electron chi connectivity index (χ0n) is 19.2. The molecule has 7 nitrogen and oxygen atoms in total. The molecular weight excluding hydrogens is 467 g/mol. The molecule has 1 N–H and O–H groups in total. The SMILES string of the molecule is CNC(=O)c1csc2c(C(F)(F)F)cc(N3CCC4(CC3)CN(C(=O)[C@@H]3CCCN3C)C4)nc12. The van der Waals surface area contributed by atoms with Gasteiger partial charge >= 0.3 is 6.18 Å². The molecule has 0 unspecified atom stereocenters. The quantitative estimate of drug-likeness (QED) is 0.709. The number of nitrogens with one attached hydrogen (secondary N) is 1. The molecule has 0 aliphatic carbocycles. The molecule has 0 aromatic carbocycles. The molecule has 1 spiro atoms. The van der Waals surface area contributed by atoms with E-state index in [4.69, 9.17) is 0 Å². The van der Waals surface area contributed by atoms with Crippen molar-refractivity contribution in [2.45, 2.75) is 37.9 Å². The Kier molecular flexibility index (Phi) is 5.75. The first-order valence-corrected chi connectivity index (χ1v) is 12.5. The summed E-state index contributed by atoms with van der Waals surface area (Å²) in [7, 11) is 3.44. The molecule has 11 heteroatoms. The average molecular weight is 496 g/mol. The van der Waals surface area contributed by atoms with E-state index >= 15 is 0 Å². The Balaban J connectivity index is 1.32. The smallest absolute Gasteiger partial charge is 0.357 e. The van der Waals surface area contributed by atoms with Crippen molar-refractivity contribution in [2.75, 3.05) is 51.7 Å². The standard InChI is InChI=1S/C23H28F3N5O2S/c1-27-20(32)14-11-34-19-15(23(24,25)26)10-17(28-18(14)19)30-8-5-22(6-9-30)12-31(13-22)21(33)16-4-3-7-29(16)2/h10-11,16H,3-9,12-13H2,1-2H3,(H,27,32)/t16-/m0/s1. The fraction of sp³-hybridized carbons (Fsp3) is 0.609. The van der Waals surface area contributed by atoms with Crippen molar-refractivity contribution >= 4 is 39.2 Å². The minimum absolute atomic E-state index is 0.0192. The summed E-state index contributed by atoms with van der Waals surface area (Å²) >= 11 is 0.890. The van der Waals surface area contributed by atoms with E-state index in [1.165, 1.54) is 12.4 Å². The van der Waals surface area contributed by atoms with Crippen LogP contribution in [-0.2, 0) is 11.0 Å². The lowest BCUT2D eigenvalue weighted by atomic mass is 9.71. The summed E-state index contributed by atoms with van der Waals surface area (Å²) < 4.78 is 41.5. The first-order valence-electron chi connectivity index (χ1n) is 11.6. The highest BCUT2D eigenvalue weighted by molar-refractivity contribution is 7.17. The first-order chi connectivity index (χ1) is 16.1. The van der Waals surface area contributed by atoms with Crippen LogP contribution in [0.5, 0.6) is 0 Å². The Morgan fingerprint density at radius 2 is 1.91 bits per heavy atom. The molecule has 34 heavy (non-hydrogen) atoms. The van der Waals surface area contributed by atoms with Crippen LogP contribution in [0.25, 0.3) is 10.2 Å². The van der Waals surface area contributed by atoms with Gasteiger partial charge in [-0.05, 0) is 45.3 Å². The van der Waals surface area contributed by atoms with Gasteiger partial charge < -0.3 is 15.1 Å². The number of carbonyl (C=O) groups excluding carboxylic acids is 2. The summed E-state index contributed by atoms with van der Waals surface area (Å²) in [6, 6.07) is 1.09. The van der Waals surface area contributed by atoms with E-state index in [2.05, 4.69) is 15.2 Å². The number of rotatable bonds is 3. The van der Waals surface area contributed by atoms with Crippen molar-refractivity contribution in [1.29, 1.82) is 0 Å². The average Bonchev–Trinajstić information content (AvgIpc) is 3.41. The number of aromatic nitrogens is 1. The topological polar surface area (TPSA) is 68.8 Å². The van der Waals surface area contributed by atoms with Gasteiger partial charge in [0, 0.05) is 44.0 Å². The highest BCUT2D eigenvalue weighted by atomic mass is 32.1. The third-order valence-electron chi connectivity index (χ3n) is 7.60. The third kappa shape index (κ3) is 3.92. The highest BCUT2D eigenvalue weighted by Gasteiger charge is 2.49. The summed E-state index contributed by atoms with van der Waals surface area (Å²) in [5.74, 6) is 0.000926. The molecule has 3 fully saturated rings. The monoisotopic (exact) mass is 495 g/mol. The number of amides is 2. The number of carbonyl (C=O) groups is 2. The van der Waals surface area contributed by atoms with Gasteiger partial charge in [-0.15, -0.1) is 11.3 Å². The molecular formula is C23H28F3N5O2S. The number of pyridine rings is 1. The van der Waals surface area contributed by atoms with Crippen LogP contribution in [0.1, 0.15) is 41.6 Å². The summed E-state index contributed by atoms with van der Waals surface area (Å²) in [6.45, 7) is 3.53. The van der Waals surface area contributed by atoms with Gasteiger partial charge in [0.1, 0.15) is 5.82 Å². The molecule has 0 saturated carbocycles. The molecule has 0 bridgehead atoms. The van der Waals surface area contributed by atoms with E-state index in [-0.39, 0.29) is 39.0 Å². The molecule has 2 amide bonds. The van der Waals surface area contributed by atoms with Crippen LogP contribution in [0.2, 0.25) is 0 Å². The predicted molar refractivity (Wildman–Crippen MR) is 124 cm³/mol. The lowest BCUT2D eigenvalue weighted by molar-refractivity contribution is -0.149. The summed E-state index contributed by atoms with van der Waals surface area (Å²) in [4.78, 5) is 35.4. The normalized spacial score (nSPS) is 22.9. The third-order valence-corrected chi connectivity index (χ3v) is 8.61. The largest absolute Gasteiger partial charge is 0.417 e.